The molecule has 23 heteroatoms. The number of nitrogens with zero attached hydrogens (tertiary/aromatic N) is 9. The van der Waals surface area contributed by atoms with Crippen LogP contribution in [0.25, 0.3) is 5.70 Å². The molecule has 2 aliphatic rings. The van der Waals surface area contributed by atoms with Crippen molar-refractivity contribution in [1.82, 2.24) is 44.8 Å². The van der Waals surface area contributed by atoms with Crippen molar-refractivity contribution in [2.24, 2.45) is 5.16 Å². The van der Waals surface area contributed by atoms with Crippen LogP contribution in [0.4, 0.5) is 9.93 Å². The number of oxime groups is 1. The molecule has 1 saturated heterocycles. The molecule has 3 amide bonds. The molecular formula is C39H47N11O9S3. The van der Waals surface area contributed by atoms with Crippen LogP contribution < -0.4 is 20.1 Å². The van der Waals surface area contributed by atoms with Crippen LogP contribution in [0.2, 0.25) is 0 Å². The van der Waals surface area contributed by atoms with Crippen molar-refractivity contribution in [3.8, 4) is 11.5 Å². The Morgan fingerprint density at radius 2 is 1.71 bits per heavy atom. The summed E-state index contributed by atoms with van der Waals surface area (Å²) in [4.78, 5) is 70.7. The summed E-state index contributed by atoms with van der Waals surface area (Å²) in [6.45, 7) is 13.3. The molecule has 2 N–H and O–H groups in total. The molecule has 4 aromatic rings. The van der Waals surface area contributed by atoms with E-state index in [0.717, 1.165) is 27.6 Å². The van der Waals surface area contributed by atoms with Crippen molar-refractivity contribution >= 4 is 75.5 Å². The van der Waals surface area contributed by atoms with Gasteiger partial charge in [-0.15, -0.1) is 28.6 Å². The first kappa shape index (κ1) is 45.7. The largest absolute Gasteiger partial charge is 0.497 e. The predicted molar refractivity (Wildman–Crippen MR) is 231 cm³/mol. The van der Waals surface area contributed by atoms with Gasteiger partial charge in [0, 0.05) is 52.0 Å². The number of β-lactam (4-membered cyclic amide) rings is 1. The van der Waals surface area contributed by atoms with Gasteiger partial charge in [0.2, 0.25) is 22.3 Å². The van der Waals surface area contributed by atoms with Crippen LogP contribution in [0.15, 0.2) is 58.3 Å². The minimum atomic E-state index is -1.67. The van der Waals surface area contributed by atoms with E-state index >= 15 is 0 Å². The SMILES string of the molecule is COc1ccc(Cn2nnnc2C2=C(CSc3ccncc3)CS[C@@H]3[C@H](NC(=O)/C(=N\OC(C)(C)C(=O)OC(C)(C)C)c4nsc(NC(=O)OC(C)(C)C)n4)C(=O)N23)c(OC)c1. The fourth-order valence-corrected chi connectivity index (χ4v) is 8.71. The van der Waals surface area contributed by atoms with Crippen molar-refractivity contribution in [2.75, 3.05) is 31.0 Å². The number of rotatable bonds is 15. The average molecular weight is 910 g/mol. The highest BCUT2D eigenvalue weighted by Gasteiger charge is 2.54. The molecular weight excluding hydrogens is 863 g/mol. The Morgan fingerprint density at radius 1 is 0.984 bits per heavy atom. The minimum absolute atomic E-state index is 0.00758. The third kappa shape index (κ3) is 11.0. The first-order chi connectivity index (χ1) is 29.3. The Bertz CT molecular complexity index is 2370. The van der Waals surface area contributed by atoms with Crippen molar-refractivity contribution in [3.63, 3.8) is 0 Å². The number of tetrazole rings is 1. The van der Waals surface area contributed by atoms with E-state index in [2.05, 4.69) is 45.7 Å². The Morgan fingerprint density at radius 3 is 2.39 bits per heavy atom. The number of aromatic nitrogens is 7. The molecule has 5 heterocycles. The Hall–Kier alpha value is -5.81. The van der Waals surface area contributed by atoms with Crippen LogP contribution in [-0.4, -0.2) is 123 Å². The van der Waals surface area contributed by atoms with Crippen molar-refractivity contribution in [1.29, 1.82) is 0 Å². The summed E-state index contributed by atoms with van der Waals surface area (Å²) in [6, 6.07) is 8.16. The molecule has 2 aliphatic heterocycles. The summed E-state index contributed by atoms with van der Waals surface area (Å²) in [5, 5.41) is 21.4. The smallest absolute Gasteiger partial charge is 0.414 e. The Balaban J connectivity index is 1.29. The van der Waals surface area contributed by atoms with Gasteiger partial charge < -0.3 is 29.1 Å². The van der Waals surface area contributed by atoms with Crippen molar-refractivity contribution < 1.29 is 43.0 Å². The first-order valence-electron chi connectivity index (χ1n) is 19.1. The van der Waals surface area contributed by atoms with E-state index in [1.165, 1.54) is 25.6 Å². The van der Waals surface area contributed by atoms with E-state index in [0.29, 0.717) is 34.5 Å². The Labute approximate surface area is 370 Å². The highest BCUT2D eigenvalue weighted by Crippen LogP contribution is 2.45. The van der Waals surface area contributed by atoms with E-state index in [1.54, 1.807) is 102 Å². The lowest BCUT2D eigenvalue weighted by Crippen LogP contribution is -2.70. The molecule has 1 fully saturated rings. The summed E-state index contributed by atoms with van der Waals surface area (Å²) >= 11 is 3.78. The predicted octanol–water partition coefficient (Wildman–Crippen LogP) is 4.78. The van der Waals surface area contributed by atoms with Crippen molar-refractivity contribution in [2.45, 2.75) is 95.0 Å². The number of amides is 3. The maximum Gasteiger partial charge on any atom is 0.414 e. The minimum Gasteiger partial charge on any atom is -0.497 e. The van der Waals surface area contributed by atoms with Crippen molar-refractivity contribution in [3.05, 3.63) is 65.5 Å². The second kappa shape index (κ2) is 18.7. The summed E-state index contributed by atoms with van der Waals surface area (Å²) < 4.78 is 27.6. The average Bonchev–Trinajstić information content (AvgIpc) is 3.87. The van der Waals surface area contributed by atoms with Crippen LogP contribution in [0.3, 0.4) is 0 Å². The van der Waals surface area contributed by atoms with E-state index in [9.17, 15) is 19.2 Å². The quantitative estimate of drug-likeness (QED) is 0.0537. The molecule has 0 unspecified atom stereocenters. The summed E-state index contributed by atoms with van der Waals surface area (Å²) in [7, 11) is 3.12. The van der Waals surface area contributed by atoms with E-state index in [1.807, 2.05) is 18.2 Å². The van der Waals surface area contributed by atoms with Gasteiger partial charge in [-0.05, 0) is 95.7 Å². The van der Waals surface area contributed by atoms with Gasteiger partial charge in [0.05, 0.1) is 26.5 Å². The molecule has 0 spiro atoms. The Kier molecular flexibility index (Phi) is 13.8. The number of nitrogens with one attached hydrogen (secondary N) is 2. The lowest BCUT2D eigenvalue weighted by atomic mass is 10.0. The number of methoxy groups -OCH3 is 2. The van der Waals surface area contributed by atoms with Gasteiger partial charge in [0.25, 0.3) is 11.8 Å². The maximum absolute atomic E-state index is 14.3. The fourth-order valence-electron chi connectivity index (χ4n) is 5.79. The number of hydrogen-bond acceptors (Lipinski definition) is 19. The number of ether oxygens (including phenoxy) is 4. The molecule has 0 bridgehead atoms. The number of carbonyl (C=O) groups is 4. The maximum atomic E-state index is 14.3. The molecule has 3 aromatic heterocycles. The fraction of sp³-hybridized carbons (Fsp3) is 0.462. The van der Waals surface area contributed by atoms with E-state index < -0.39 is 57.8 Å². The first-order valence-corrected chi connectivity index (χ1v) is 21.9. The van der Waals surface area contributed by atoms with Crippen LogP contribution in [-0.2, 0) is 35.2 Å². The molecule has 0 saturated carbocycles. The highest BCUT2D eigenvalue weighted by molar-refractivity contribution is 8.01. The molecule has 0 aliphatic carbocycles. The second-order valence-electron chi connectivity index (χ2n) is 16.2. The molecule has 62 heavy (non-hydrogen) atoms. The lowest BCUT2D eigenvalue weighted by Gasteiger charge is -2.50. The van der Waals surface area contributed by atoms with Gasteiger partial charge in [0.15, 0.2) is 5.82 Å². The number of pyridine rings is 1. The zero-order valence-electron chi connectivity index (χ0n) is 35.7. The van der Waals surface area contributed by atoms with E-state index in [-0.39, 0.29) is 17.5 Å². The van der Waals surface area contributed by atoms with Gasteiger partial charge in [-0.2, -0.15) is 9.36 Å². The summed E-state index contributed by atoms with van der Waals surface area (Å²) in [5.74, 6) is 0.154. The molecule has 2 atom stereocenters. The molecule has 20 nitrogen and oxygen atoms in total. The van der Waals surface area contributed by atoms with Gasteiger partial charge in [0.1, 0.15) is 34.1 Å². The van der Waals surface area contributed by atoms with Gasteiger partial charge in [-0.25, -0.2) is 14.3 Å². The van der Waals surface area contributed by atoms with Gasteiger partial charge in [-0.3, -0.25) is 24.8 Å². The van der Waals surface area contributed by atoms with Gasteiger partial charge >= 0.3 is 12.1 Å². The van der Waals surface area contributed by atoms with Crippen LogP contribution in [0, 0.1) is 0 Å². The zero-order chi connectivity index (χ0) is 45.0. The number of carbonyl (C=O) groups excluding carboxylic acids is 4. The van der Waals surface area contributed by atoms with Crippen LogP contribution >= 0.6 is 35.1 Å². The number of anilines is 1. The number of hydrogen-bond donors (Lipinski definition) is 2. The molecule has 0 radical (unpaired) electrons. The third-order valence-electron chi connectivity index (χ3n) is 8.67. The van der Waals surface area contributed by atoms with E-state index in [4.69, 9.17) is 23.8 Å². The number of benzene rings is 1. The number of thioether (sulfide) groups is 2. The number of fused-ring (bicyclic) bond motifs is 1. The summed E-state index contributed by atoms with van der Waals surface area (Å²) in [5.41, 5.74) is -1.61. The normalized spacial score (nSPS) is 16.8. The summed E-state index contributed by atoms with van der Waals surface area (Å²) in [6.07, 6.45) is 2.62. The topological polar surface area (TPSA) is 236 Å². The zero-order valence-corrected chi connectivity index (χ0v) is 38.2. The van der Waals surface area contributed by atoms with Crippen LogP contribution in [0.5, 0.6) is 11.5 Å². The molecule has 1 aromatic carbocycles. The molecule has 6 rings (SSSR count). The monoisotopic (exact) mass is 909 g/mol. The van der Waals surface area contributed by atoms with Gasteiger partial charge in [-0.1, -0.05) is 5.16 Å². The number of esters is 1. The third-order valence-corrected chi connectivity index (χ3v) is 11.7. The second-order valence-corrected chi connectivity index (χ2v) is 19.1. The standard InChI is InChI=1S/C39H47N11O9S3/c1-37(2,3)57-34(53)39(7,8)59-45-26(29-42-35(62-46-29)43-36(54)58-38(4,5)6)31(51)41-27-32(52)50-28(22(20-61-33(27)50)19-60-24-13-15-40-16-14-24)30-44-47-48-49(30)18-21-11-12-23(55-9)17-25(21)56-10/h11-17,27,33H,18-20H2,1-10H3,(H,41,51)(H,42,43,46,54)/b45-26-/t27-,33-/m1/s1. The highest BCUT2D eigenvalue weighted by atomic mass is 32.2. The molecule has 330 valence electrons. The lowest BCUT2D eigenvalue weighted by molar-refractivity contribution is -0.179. The van der Waals surface area contributed by atoms with Crippen LogP contribution in [0.1, 0.15) is 72.6 Å².